The molecule has 0 fully saturated rings. The molecule has 11 heteroatoms. The number of hydrogen-bond acceptors (Lipinski definition) is 7. The van der Waals surface area contributed by atoms with Gasteiger partial charge in [0.15, 0.2) is 0 Å². The van der Waals surface area contributed by atoms with Gasteiger partial charge >= 0.3 is 12.0 Å². The van der Waals surface area contributed by atoms with Crippen LogP contribution in [-0.2, 0) is 6.54 Å². The number of aryl methyl sites for hydroxylation is 1. The monoisotopic (exact) mass is 491 g/mol. The highest BCUT2D eigenvalue weighted by Crippen LogP contribution is 2.39. The molecule has 5 rings (SSSR count). The average molecular weight is 492 g/mol. The molecule has 35 heavy (non-hydrogen) atoms. The number of aromatic carboxylic acids is 1. The van der Waals surface area contributed by atoms with Crippen LogP contribution in [0.3, 0.4) is 0 Å². The molecule has 0 bridgehead atoms. The van der Waals surface area contributed by atoms with Crippen molar-refractivity contribution in [3.63, 3.8) is 0 Å². The first-order chi connectivity index (χ1) is 16.9. The third-order valence-corrected chi connectivity index (χ3v) is 6.59. The van der Waals surface area contributed by atoms with E-state index in [4.69, 9.17) is 4.74 Å². The second kappa shape index (κ2) is 8.84. The summed E-state index contributed by atoms with van der Waals surface area (Å²) >= 11 is 1.44. The Balaban J connectivity index is 1.73. The van der Waals surface area contributed by atoms with Crippen molar-refractivity contribution in [2.24, 2.45) is 0 Å². The Morgan fingerprint density at radius 3 is 2.80 bits per heavy atom. The number of nitrogens with zero attached hydrogens (tertiary/aromatic N) is 3. The highest BCUT2D eigenvalue weighted by Gasteiger charge is 2.23. The Morgan fingerprint density at radius 1 is 1.26 bits per heavy atom. The second-order valence-corrected chi connectivity index (χ2v) is 8.84. The van der Waals surface area contributed by atoms with E-state index in [2.05, 4.69) is 20.6 Å². The zero-order chi connectivity index (χ0) is 24.7. The van der Waals surface area contributed by atoms with Crippen molar-refractivity contribution in [3.05, 3.63) is 57.5 Å². The van der Waals surface area contributed by atoms with Crippen LogP contribution in [0.15, 0.2) is 40.8 Å². The number of aromatic nitrogens is 3. The van der Waals surface area contributed by atoms with Crippen LogP contribution < -0.4 is 20.8 Å². The summed E-state index contributed by atoms with van der Waals surface area (Å²) in [5.74, 6) is -0.444. The van der Waals surface area contributed by atoms with E-state index in [1.807, 2.05) is 25.3 Å². The van der Waals surface area contributed by atoms with Crippen molar-refractivity contribution in [2.75, 3.05) is 18.5 Å². The van der Waals surface area contributed by atoms with Crippen LogP contribution in [0, 0.1) is 6.92 Å². The number of ether oxygens (including phenoxy) is 1. The smallest absolute Gasteiger partial charge is 0.341 e. The van der Waals surface area contributed by atoms with Crippen molar-refractivity contribution < 1.29 is 19.4 Å². The molecule has 1 aliphatic heterocycles. The zero-order valence-electron chi connectivity index (χ0n) is 18.9. The van der Waals surface area contributed by atoms with Crippen molar-refractivity contribution in [3.8, 4) is 27.4 Å². The summed E-state index contributed by atoms with van der Waals surface area (Å²) in [5, 5.41) is 17.8. The van der Waals surface area contributed by atoms with E-state index in [1.54, 1.807) is 22.9 Å². The number of carboxylic acids is 1. The topological polar surface area (TPSA) is 135 Å². The van der Waals surface area contributed by atoms with Crippen LogP contribution in [0.25, 0.3) is 32.6 Å². The summed E-state index contributed by atoms with van der Waals surface area (Å²) in [4.78, 5) is 45.8. The van der Waals surface area contributed by atoms with Gasteiger partial charge in [-0.25, -0.2) is 19.6 Å². The van der Waals surface area contributed by atoms with Gasteiger partial charge in [0.05, 0.1) is 17.4 Å². The third kappa shape index (κ3) is 4.10. The van der Waals surface area contributed by atoms with Gasteiger partial charge in [-0.2, -0.15) is 0 Å². The van der Waals surface area contributed by atoms with E-state index in [0.717, 1.165) is 5.69 Å². The maximum absolute atomic E-state index is 13.1. The number of urea groups is 1. The first kappa shape index (κ1) is 22.5. The lowest BCUT2D eigenvalue weighted by Gasteiger charge is -2.22. The number of anilines is 1. The van der Waals surface area contributed by atoms with Gasteiger partial charge in [0.25, 0.3) is 0 Å². The largest absolute Gasteiger partial charge is 0.489 e. The lowest BCUT2D eigenvalue weighted by molar-refractivity contribution is 0.0694. The number of hydrogen-bond donors (Lipinski definition) is 3. The number of carbonyl (C=O) groups is 2. The average Bonchev–Trinajstić information content (AvgIpc) is 3.27. The fourth-order valence-corrected chi connectivity index (χ4v) is 4.91. The van der Waals surface area contributed by atoms with E-state index in [1.165, 1.54) is 17.5 Å². The fraction of sp³-hybridized carbons (Fsp3) is 0.208. The van der Waals surface area contributed by atoms with Gasteiger partial charge in [-0.15, -0.1) is 11.3 Å². The van der Waals surface area contributed by atoms with Crippen molar-refractivity contribution in [2.45, 2.75) is 20.4 Å². The molecule has 4 aromatic rings. The number of amides is 2. The molecule has 1 aliphatic rings. The maximum Gasteiger partial charge on any atom is 0.341 e. The Kier molecular flexibility index (Phi) is 5.69. The Bertz CT molecular complexity index is 1560. The quantitative estimate of drug-likeness (QED) is 0.387. The van der Waals surface area contributed by atoms with Gasteiger partial charge in [-0.1, -0.05) is 0 Å². The number of thiazole rings is 1. The molecule has 10 nitrogen and oxygen atoms in total. The summed E-state index contributed by atoms with van der Waals surface area (Å²) in [6.45, 7) is 4.96. The van der Waals surface area contributed by atoms with Gasteiger partial charge in [-0.3, -0.25) is 10.1 Å². The molecule has 0 saturated carbocycles. The maximum atomic E-state index is 13.1. The summed E-state index contributed by atoms with van der Waals surface area (Å²) in [7, 11) is 0. The highest BCUT2D eigenvalue weighted by atomic mass is 32.1. The summed E-state index contributed by atoms with van der Waals surface area (Å²) in [6, 6.07) is 4.83. The van der Waals surface area contributed by atoms with E-state index in [0.29, 0.717) is 58.5 Å². The number of benzene rings is 1. The molecular formula is C24H21N5O5S. The van der Waals surface area contributed by atoms with Crippen molar-refractivity contribution in [1.82, 2.24) is 19.9 Å². The van der Waals surface area contributed by atoms with E-state index >= 15 is 0 Å². The number of nitrogens with one attached hydrogen (secondary N) is 2. The summed E-state index contributed by atoms with van der Waals surface area (Å²) in [5.41, 5.74) is 2.53. The molecule has 178 valence electrons. The molecule has 4 heterocycles. The van der Waals surface area contributed by atoms with Crippen LogP contribution in [0.2, 0.25) is 0 Å². The molecule has 0 atom stereocenters. The molecule has 2 amide bonds. The molecule has 0 aliphatic carbocycles. The predicted molar refractivity (Wildman–Crippen MR) is 132 cm³/mol. The molecule has 3 aromatic heterocycles. The SMILES string of the molecule is CCNC(=O)Nc1cc(-c2nc(C)cs2)c(-c2cc3c4c(c2)c(=O)c(C(=O)O)cn4CCO3)cn1. The summed E-state index contributed by atoms with van der Waals surface area (Å²) in [6.07, 6.45) is 2.97. The van der Waals surface area contributed by atoms with Crippen LogP contribution >= 0.6 is 11.3 Å². The highest BCUT2D eigenvalue weighted by molar-refractivity contribution is 7.13. The molecule has 0 radical (unpaired) electrons. The number of rotatable bonds is 5. The predicted octanol–water partition coefficient (Wildman–Crippen LogP) is 3.73. The normalized spacial score (nSPS) is 12.3. The third-order valence-electron chi connectivity index (χ3n) is 5.60. The van der Waals surface area contributed by atoms with Crippen LogP contribution in [0.4, 0.5) is 10.6 Å². The van der Waals surface area contributed by atoms with Gasteiger partial charge in [0.2, 0.25) is 5.43 Å². The van der Waals surface area contributed by atoms with Crippen molar-refractivity contribution >= 4 is 40.1 Å². The first-order valence-corrected chi connectivity index (χ1v) is 11.8. The molecule has 0 spiro atoms. The van der Waals surface area contributed by atoms with Crippen LogP contribution in [-0.4, -0.2) is 44.8 Å². The summed E-state index contributed by atoms with van der Waals surface area (Å²) < 4.78 is 7.60. The number of carbonyl (C=O) groups excluding carboxylic acids is 1. The lowest BCUT2D eigenvalue weighted by Crippen LogP contribution is -2.28. The van der Waals surface area contributed by atoms with E-state index < -0.39 is 11.4 Å². The second-order valence-electron chi connectivity index (χ2n) is 7.98. The van der Waals surface area contributed by atoms with Gasteiger partial charge < -0.3 is 19.7 Å². The van der Waals surface area contributed by atoms with Gasteiger partial charge in [0.1, 0.15) is 28.7 Å². The lowest BCUT2D eigenvalue weighted by atomic mass is 9.98. The molecule has 3 N–H and O–H groups in total. The minimum absolute atomic E-state index is 0.253. The first-order valence-electron chi connectivity index (χ1n) is 10.9. The number of carboxylic acid groups (broad SMARTS) is 1. The van der Waals surface area contributed by atoms with Crippen LogP contribution in [0.5, 0.6) is 5.75 Å². The Morgan fingerprint density at radius 2 is 2.09 bits per heavy atom. The Hall–Kier alpha value is -4.25. The van der Waals surface area contributed by atoms with Crippen LogP contribution in [0.1, 0.15) is 23.0 Å². The minimum Gasteiger partial charge on any atom is -0.489 e. The van der Waals surface area contributed by atoms with Crippen molar-refractivity contribution in [1.29, 1.82) is 0 Å². The molecule has 0 saturated heterocycles. The molecule has 0 unspecified atom stereocenters. The van der Waals surface area contributed by atoms with Gasteiger partial charge in [0, 0.05) is 41.1 Å². The van der Waals surface area contributed by atoms with E-state index in [-0.39, 0.29) is 17.0 Å². The number of pyridine rings is 2. The molecule has 1 aromatic carbocycles. The molecular weight excluding hydrogens is 470 g/mol. The zero-order valence-corrected chi connectivity index (χ0v) is 19.7. The van der Waals surface area contributed by atoms with E-state index in [9.17, 15) is 19.5 Å². The minimum atomic E-state index is -1.28. The van der Waals surface area contributed by atoms with Gasteiger partial charge in [-0.05, 0) is 37.6 Å². The fourth-order valence-electron chi connectivity index (χ4n) is 4.08. The Labute approximate surface area is 203 Å². The standard InChI is InChI=1S/C24H21N5O5S/c1-3-25-24(33)28-19-8-14(22-27-12(2)11-35-22)16(9-26-19)13-6-15-20-18(7-13)34-5-4-29(20)10-17(21(15)30)23(31)32/h6-11H,3-5H2,1-2H3,(H,31,32)(H2,25,26,28,33).